The van der Waals surface area contributed by atoms with Crippen molar-refractivity contribution in [2.24, 2.45) is 5.10 Å². The Morgan fingerprint density at radius 1 is 1.00 bits per heavy atom. The molecule has 0 saturated carbocycles. The van der Waals surface area contributed by atoms with Gasteiger partial charge in [-0.05, 0) is 49.4 Å². The first-order chi connectivity index (χ1) is 17.7. The van der Waals surface area contributed by atoms with Crippen molar-refractivity contribution in [2.45, 2.75) is 13.0 Å². The normalized spacial score (nSPS) is 11.5. The molecule has 0 aromatic heterocycles. The summed E-state index contributed by atoms with van der Waals surface area (Å²) in [5, 5.41) is 15.0. The van der Waals surface area contributed by atoms with E-state index in [2.05, 4.69) is 26.5 Å². The van der Waals surface area contributed by atoms with Crippen molar-refractivity contribution in [2.75, 3.05) is 14.2 Å². The van der Waals surface area contributed by atoms with Crippen LogP contribution in [0.4, 0.5) is 5.69 Å². The van der Waals surface area contributed by atoms with Gasteiger partial charge in [-0.2, -0.15) is 5.10 Å². The van der Waals surface area contributed by atoms with Gasteiger partial charge >= 0.3 is 11.7 Å². The molecule has 0 heterocycles. The lowest BCUT2D eigenvalue weighted by Crippen LogP contribution is -2.33. The van der Waals surface area contributed by atoms with Crippen LogP contribution in [0.3, 0.4) is 0 Å². The van der Waals surface area contributed by atoms with Gasteiger partial charge in [-0.1, -0.05) is 28.1 Å². The molecule has 1 unspecified atom stereocenters. The highest BCUT2D eigenvalue weighted by Crippen LogP contribution is 2.29. The number of methoxy groups -OCH3 is 2. The molecule has 0 radical (unpaired) electrons. The molecule has 0 aliphatic heterocycles. The second-order valence-electron chi connectivity index (χ2n) is 7.36. The molecule has 1 amide bonds. The fourth-order valence-corrected chi connectivity index (χ4v) is 3.42. The van der Waals surface area contributed by atoms with Gasteiger partial charge < -0.3 is 18.9 Å². The monoisotopic (exact) mass is 571 g/mol. The number of para-hydroxylation sites is 2. The fraction of sp³-hybridized carbons (Fsp3) is 0.160. The van der Waals surface area contributed by atoms with Crippen LogP contribution in [0.15, 0.2) is 70.2 Å². The molecule has 1 N–H and O–H groups in total. The van der Waals surface area contributed by atoms with Gasteiger partial charge in [0, 0.05) is 16.1 Å². The summed E-state index contributed by atoms with van der Waals surface area (Å²) in [7, 11) is 2.94. The van der Waals surface area contributed by atoms with E-state index in [9.17, 15) is 19.7 Å². The van der Waals surface area contributed by atoms with Gasteiger partial charge in [0.25, 0.3) is 5.91 Å². The molecular weight excluding hydrogens is 550 g/mol. The molecule has 37 heavy (non-hydrogen) atoms. The van der Waals surface area contributed by atoms with Crippen molar-refractivity contribution in [3.8, 4) is 23.0 Å². The summed E-state index contributed by atoms with van der Waals surface area (Å²) in [5.74, 6) is -0.317. The molecule has 0 saturated heterocycles. The maximum atomic E-state index is 12.7. The Kier molecular flexibility index (Phi) is 9.16. The topological polar surface area (TPSA) is 139 Å². The predicted molar refractivity (Wildman–Crippen MR) is 138 cm³/mol. The number of hydrogen-bond acceptors (Lipinski definition) is 9. The number of carbonyl (C=O) groups excluding carboxylic acids is 2. The van der Waals surface area contributed by atoms with Gasteiger partial charge in [-0.15, -0.1) is 0 Å². The molecule has 1 atom stereocenters. The molecule has 0 spiro atoms. The van der Waals surface area contributed by atoms with E-state index >= 15 is 0 Å². The van der Waals surface area contributed by atoms with E-state index in [1.54, 1.807) is 30.3 Å². The Balaban J connectivity index is 1.70. The summed E-state index contributed by atoms with van der Waals surface area (Å²) < 4.78 is 22.0. The summed E-state index contributed by atoms with van der Waals surface area (Å²) in [5.41, 5.74) is 2.66. The first-order valence-electron chi connectivity index (χ1n) is 10.7. The Labute approximate surface area is 220 Å². The van der Waals surface area contributed by atoms with Crippen LogP contribution >= 0.6 is 15.9 Å². The molecule has 3 aromatic rings. The third-order valence-corrected chi connectivity index (χ3v) is 5.40. The number of ether oxygens (including phenoxy) is 4. The number of nitro groups is 1. The van der Waals surface area contributed by atoms with E-state index in [-0.39, 0.29) is 22.7 Å². The van der Waals surface area contributed by atoms with Crippen molar-refractivity contribution in [1.29, 1.82) is 0 Å². The van der Waals surface area contributed by atoms with E-state index in [1.807, 2.05) is 0 Å². The number of halogens is 1. The summed E-state index contributed by atoms with van der Waals surface area (Å²) in [4.78, 5) is 35.7. The Bertz CT molecular complexity index is 1350. The number of carbonyl (C=O) groups is 2. The number of esters is 1. The van der Waals surface area contributed by atoms with Crippen molar-refractivity contribution in [1.82, 2.24) is 5.43 Å². The molecular formula is C25H22BrN3O8. The maximum absolute atomic E-state index is 12.7. The minimum absolute atomic E-state index is 0.0459. The SMILES string of the molecule is COc1ccc(C(=O)Oc2ccc(Br)cc2C=NNC(=O)C(C)Oc2ccccc2[N+](=O)[O-])cc1OC. The lowest BCUT2D eigenvalue weighted by atomic mass is 10.2. The van der Waals surface area contributed by atoms with Crippen LogP contribution in [0.2, 0.25) is 0 Å². The van der Waals surface area contributed by atoms with Gasteiger partial charge in [-0.25, -0.2) is 10.2 Å². The van der Waals surface area contributed by atoms with Crippen LogP contribution < -0.4 is 24.4 Å². The number of hydrogen-bond donors (Lipinski definition) is 1. The number of amides is 1. The third kappa shape index (κ3) is 7.04. The van der Waals surface area contributed by atoms with Crippen molar-refractivity contribution in [3.05, 3.63) is 86.4 Å². The van der Waals surface area contributed by atoms with Crippen molar-refractivity contribution >= 4 is 39.7 Å². The number of nitrogens with one attached hydrogen (secondary N) is 1. The van der Waals surface area contributed by atoms with Crippen LogP contribution in [0.25, 0.3) is 0 Å². The minimum Gasteiger partial charge on any atom is -0.493 e. The minimum atomic E-state index is -1.08. The molecule has 3 aromatic carbocycles. The van der Waals surface area contributed by atoms with Crippen LogP contribution in [-0.2, 0) is 4.79 Å². The van der Waals surface area contributed by atoms with Gasteiger partial charge in [0.2, 0.25) is 0 Å². The lowest BCUT2D eigenvalue weighted by molar-refractivity contribution is -0.386. The average Bonchev–Trinajstić information content (AvgIpc) is 2.89. The standard InChI is InChI=1S/C25H22BrN3O8/c1-15(36-21-7-5-4-6-19(21)29(32)33)24(30)28-27-14-17-12-18(26)9-11-20(17)37-25(31)16-8-10-22(34-2)23(13-16)35-3/h4-15H,1-3H3,(H,28,30). The van der Waals surface area contributed by atoms with Gasteiger partial charge in [0.15, 0.2) is 23.4 Å². The summed E-state index contributed by atoms with van der Waals surface area (Å²) >= 11 is 3.35. The second-order valence-corrected chi connectivity index (χ2v) is 8.28. The first kappa shape index (κ1) is 27.1. The number of nitro benzene ring substituents is 1. The molecule has 12 heteroatoms. The van der Waals surface area contributed by atoms with Crippen LogP contribution in [0, 0.1) is 10.1 Å². The second kappa shape index (κ2) is 12.5. The number of nitrogens with zero attached hydrogens (tertiary/aromatic N) is 2. The first-order valence-corrected chi connectivity index (χ1v) is 11.5. The molecule has 11 nitrogen and oxygen atoms in total. The zero-order chi connectivity index (χ0) is 26.9. The highest BCUT2D eigenvalue weighted by Gasteiger charge is 2.20. The molecule has 0 bridgehead atoms. The van der Waals surface area contributed by atoms with E-state index in [4.69, 9.17) is 18.9 Å². The smallest absolute Gasteiger partial charge is 0.343 e. The molecule has 0 aliphatic rings. The number of benzene rings is 3. The predicted octanol–water partition coefficient (Wildman–Crippen LogP) is 4.51. The number of rotatable bonds is 10. The zero-order valence-corrected chi connectivity index (χ0v) is 21.6. The molecule has 3 rings (SSSR count). The summed E-state index contributed by atoms with van der Waals surface area (Å²) in [6.45, 7) is 1.43. The van der Waals surface area contributed by atoms with Gasteiger partial charge in [0.05, 0.1) is 30.9 Å². The third-order valence-electron chi connectivity index (χ3n) is 4.91. The Morgan fingerprint density at radius 3 is 2.41 bits per heavy atom. The van der Waals surface area contributed by atoms with Gasteiger partial charge in [0.1, 0.15) is 5.75 Å². The number of hydrazone groups is 1. The summed E-state index contributed by atoms with van der Waals surface area (Å²) in [6.07, 6.45) is 0.209. The van der Waals surface area contributed by atoms with Crippen LogP contribution in [0.5, 0.6) is 23.0 Å². The average molecular weight is 572 g/mol. The Morgan fingerprint density at radius 2 is 1.70 bits per heavy atom. The van der Waals surface area contributed by atoms with Crippen LogP contribution in [0.1, 0.15) is 22.8 Å². The lowest BCUT2D eigenvalue weighted by Gasteiger charge is -2.13. The highest BCUT2D eigenvalue weighted by molar-refractivity contribution is 9.10. The highest BCUT2D eigenvalue weighted by atomic mass is 79.9. The molecule has 0 aliphatic carbocycles. The Hall–Kier alpha value is -4.45. The van der Waals surface area contributed by atoms with E-state index in [1.165, 1.54) is 57.7 Å². The molecule has 0 fully saturated rings. The van der Waals surface area contributed by atoms with Crippen LogP contribution in [-0.4, -0.2) is 43.3 Å². The van der Waals surface area contributed by atoms with E-state index in [0.717, 1.165) is 0 Å². The molecule has 192 valence electrons. The zero-order valence-electron chi connectivity index (χ0n) is 20.0. The van der Waals surface area contributed by atoms with E-state index < -0.39 is 22.9 Å². The largest absolute Gasteiger partial charge is 0.493 e. The van der Waals surface area contributed by atoms with E-state index in [0.29, 0.717) is 21.5 Å². The quantitative estimate of drug-likeness (QED) is 0.123. The maximum Gasteiger partial charge on any atom is 0.343 e. The summed E-state index contributed by atoms with van der Waals surface area (Å²) in [6, 6.07) is 15.2. The van der Waals surface area contributed by atoms with Crippen molar-refractivity contribution in [3.63, 3.8) is 0 Å². The van der Waals surface area contributed by atoms with Gasteiger partial charge in [-0.3, -0.25) is 14.9 Å². The fourth-order valence-electron chi connectivity index (χ4n) is 3.04. The van der Waals surface area contributed by atoms with Crippen molar-refractivity contribution < 1.29 is 33.5 Å².